The van der Waals surface area contributed by atoms with Gasteiger partial charge in [-0.05, 0) is 32.5 Å². The topological polar surface area (TPSA) is 97.9 Å². The summed E-state index contributed by atoms with van der Waals surface area (Å²) in [5.74, 6) is 0.852. The summed E-state index contributed by atoms with van der Waals surface area (Å²) in [5.41, 5.74) is 1.31. The van der Waals surface area contributed by atoms with E-state index < -0.39 is 9.84 Å². The molecule has 1 N–H and O–H groups in total. The number of sulfone groups is 1. The highest BCUT2D eigenvalue weighted by atomic mass is 35.5. The van der Waals surface area contributed by atoms with Crippen LogP contribution < -0.4 is 0 Å². The summed E-state index contributed by atoms with van der Waals surface area (Å²) in [4.78, 5) is 0. The Hall–Kier alpha value is -1.52. The van der Waals surface area contributed by atoms with Crippen molar-refractivity contribution in [2.45, 2.75) is 26.3 Å². The number of nitrogens with zero attached hydrogens (tertiary/aromatic N) is 5. The molecule has 0 spiro atoms. The molecule has 3 heterocycles. The highest BCUT2D eigenvalue weighted by molar-refractivity contribution is 7.91. The molecule has 0 unspecified atom stereocenters. The minimum atomic E-state index is -3.01. The number of aryl methyl sites for hydroxylation is 2. The molecular weight excluding hydrogens is 360 g/mol. The van der Waals surface area contributed by atoms with E-state index in [4.69, 9.17) is 23.8 Å². The second-order valence-electron chi connectivity index (χ2n) is 5.42. The zero-order chi connectivity index (χ0) is 16.8. The number of halogens is 1. The van der Waals surface area contributed by atoms with E-state index in [1.807, 2.05) is 0 Å². The fourth-order valence-electron chi connectivity index (χ4n) is 2.51. The van der Waals surface area contributed by atoms with Crippen LogP contribution >= 0.6 is 23.8 Å². The average Bonchev–Trinajstić information content (AvgIpc) is 3.08. The molecule has 3 rings (SSSR count). The van der Waals surface area contributed by atoms with Gasteiger partial charge in [-0.2, -0.15) is 20.0 Å². The van der Waals surface area contributed by atoms with Crippen molar-refractivity contribution < 1.29 is 8.42 Å². The lowest BCUT2D eigenvalue weighted by Crippen LogP contribution is -2.12. The van der Waals surface area contributed by atoms with Gasteiger partial charge in [0.05, 0.1) is 35.0 Å². The first-order valence-corrected chi connectivity index (χ1v) is 9.52. The first-order valence-electron chi connectivity index (χ1n) is 6.92. The van der Waals surface area contributed by atoms with Gasteiger partial charge in [-0.1, -0.05) is 11.6 Å². The number of H-pyrrole nitrogens is 1. The van der Waals surface area contributed by atoms with Crippen LogP contribution in [-0.2, 0) is 9.84 Å². The Morgan fingerprint density at radius 3 is 2.78 bits per heavy atom. The number of hydrogen-bond acceptors (Lipinski definition) is 6. The molecule has 1 fully saturated rings. The molecule has 0 radical (unpaired) electrons. The summed E-state index contributed by atoms with van der Waals surface area (Å²) in [6.07, 6.45) is 2.08. The summed E-state index contributed by atoms with van der Waals surface area (Å²) >= 11 is 11.5. The van der Waals surface area contributed by atoms with E-state index in [1.165, 1.54) is 4.68 Å². The van der Waals surface area contributed by atoms with Gasteiger partial charge < -0.3 is 0 Å². The molecule has 2 aromatic heterocycles. The van der Waals surface area contributed by atoms with Crippen molar-refractivity contribution in [3.8, 4) is 0 Å². The summed E-state index contributed by atoms with van der Waals surface area (Å²) < 4.78 is 26.7. The van der Waals surface area contributed by atoms with Crippen LogP contribution in [0.5, 0.6) is 0 Å². The largest absolute Gasteiger partial charge is 0.250 e. The Morgan fingerprint density at radius 1 is 1.48 bits per heavy atom. The fraction of sp³-hybridized carbons (Fsp3) is 0.500. The molecule has 23 heavy (non-hydrogen) atoms. The normalized spacial score (nSPS) is 20.6. The molecule has 11 heteroatoms. The number of aromatic nitrogens is 5. The van der Waals surface area contributed by atoms with Gasteiger partial charge in [0.15, 0.2) is 9.84 Å². The van der Waals surface area contributed by atoms with E-state index in [-0.39, 0.29) is 17.5 Å². The van der Waals surface area contributed by atoms with Crippen molar-refractivity contribution in [2.24, 2.45) is 5.10 Å². The van der Waals surface area contributed by atoms with Gasteiger partial charge in [0, 0.05) is 0 Å². The lowest BCUT2D eigenvalue weighted by Gasteiger charge is -2.09. The van der Waals surface area contributed by atoms with Gasteiger partial charge in [0.25, 0.3) is 0 Å². The van der Waals surface area contributed by atoms with E-state index in [0.717, 1.165) is 0 Å². The molecular formula is C12H15ClN6O2S2. The van der Waals surface area contributed by atoms with Crippen LogP contribution in [0.1, 0.15) is 29.5 Å². The van der Waals surface area contributed by atoms with Crippen molar-refractivity contribution in [2.75, 3.05) is 11.5 Å². The first kappa shape index (κ1) is 16.3. The summed E-state index contributed by atoms with van der Waals surface area (Å²) in [6.45, 7) is 3.57. The molecule has 0 aliphatic carbocycles. The van der Waals surface area contributed by atoms with Gasteiger partial charge in [-0.15, -0.1) is 0 Å². The Kier molecular flexibility index (Phi) is 4.15. The molecule has 1 atom stereocenters. The predicted octanol–water partition coefficient (Wildman–Crippen LogP) is 1.65. The summed E-state index contributed by atoms with van der Waals surface area (Å²) in [5, 5.41) is 15.6. The lowest BCUT2D eigenvalue weighted by atomic mass is 10.2. The quantitative estimate of drug-likeness (QED) is 0.650. The molecule has 0 aromatic carbocycles. The first-order chi connectivity index (χ1) is 10.8. The maximum atomic E-state index is 11.6. The van der Waals surface area contributed by atoms with E-state index in [0.29, 0.717) is 33.4 Å². The monoisotopic (exact) mass is 374 g/mol. The molecule has 124 valence electrons. The third kappa shape index (κ3) is 3.10. The van der Waals surface area contributed by atoms with Crippen LogP contribution in [0.25, 0.3) is 0 Å². The van der Waals surface area contributed by atoms with Crippen LogP contribution in [0.2, 0.25) is 5.15 Å². The van der Waals surface area contributed by atoms with Gasteiger partial charge in [0.2, 0.25) is 4.77 Å². The second-order valence-corrected chi connectivity index (χ2v) is 8.40. The Bertz CT molecular complexity index is 939. The highest BCUT2D eigenvalue weighted by Crippen LogP contribution is 2.29. The van der Waals surface area contributed by atoms with Gasteiger partial charge in [-0.3, -0.25) is 5.10 Å². The number of nitrogens with one attached hydrogen (secondary N) is 1. The minimum absolute atomic E-state index is 0.0658. The van der Waals surface area contributed by atoms with Crippen molar-refractivity contribution >= 4 is 39.9 Å². The molecule has 1 aliphatic heterocycles. The standard InChI is InChI=1S/C12H15ClN6O2S2/c1-7-10(5-14-18-8(2)15-16-12(18)22)11(13)19(17-7)9-3-4-23(20,21)6-9/h5,9H,3-4,6H2,1-2H3,(H,16,22)/b14-5-/t9-/m0/s1. The molecule has 0 bridgehead atoms. The summed E-state index contributed by atoms with van der Waals surface area (Å²) in [7, 11) is -3.01. The van der Waals surface area contributed by atoms with Crippen molar-refractivity contribution in [1.82, 2.24) is 24.7 Å². The molecule has 2 aromatic rings. The molecule has 8 nitrogen and oxygen atoms in total. The minimum Gasteiger partial charge on any atom is -0.250 e. The number of aromatic amines is 1. The zero-order valence-corrected chi connectivity index (χ0v) is 14.9. The highest BCUT2D eigenvalue weighted by Gasteiger charge is 2.31. The maximum Gasteiger partial charge on any atom is 0.216 e. The Balaban J connectivity index is 1.94. The number of rotatable bonds is 3. The zero-order valence-electron chi connectivity index (χ0n) is 12.5. The van der Waals surface area contributed by atoms with Gasteiger partial charge in [-0.25, -0.2) is 13.1 Å². The number of hydrogen-bond donors (Lipinski definition) is 1. The fourth-order valence-corrected chi connectivity index (χ4v) is 4.79. The SMILES string of the molecule is Cc1nn([C@H]2CCS(=O)(=O)C2)c(Cl)c1/C=N\n1c(C)n[nH]c1=S. The van der Waals surface area contributed by atoms with Crippen LogP contribution in [0.3, 0.4) is 0 Å². The second kappa shape index (κ2) is 5.84. The maximum absolute atomic E-state index is 11.6. The summed E-state index contributed by atoms with van der Waals surface area (Å²) in [6, 6.07) is -0.230. The molecule has 1 saturated heterocycles. The third-order valence-electron chi connectivity index (χ3n) is 3.74. The average molecular weight is 375 g/mol. The third-order valence-corrected chi connectivity index (χ3v) is 6.13. The lowest BCUT2D eigenvalue weighted by molar-refractivity contribution is 0.497. The molecule has 0 amide bonds. The van der Waals surface area contributed by atoms with E-state index in [1.54, 1.807) is 24.7 Å². The van der Waals surface area contributed by atoms with Crippen molar-refractivity contribution in [3.05, 3.63) is 27.0 Å². The van der Waals surface area contributed by atoms with E-state index >= 15 is 0 Å². The molecule has 0 saturated carbocycles. The Morgan fingerprint density at radius 2 is 2.22 bits per heavy atom. The van der Waals surface area contributed by atoms with Crippen LogP contribution in [-0.4, -0.2) is 50.8 Å². The van der Waals surface area contributed by atoms with Gasteiger partial charge in [0.1, 0.15) is 11.0 Å². The van der Waals surface area contributed by atoms with Crippen molar-refractivity contribution in [1.29, 1.82) is 0 Å². The van der Waals surface area contributed by atoms with Gasteiger partial charge >= 0.3 is 0 Å². The van der Waals surface area contributed by atoms with Crippen LogP contribution in [0.15, 0.2) is 5.10 Å². The van der Waals surface area contributed by atoms with E-state index in [9.17, 15) is 8.42 Å². The predicted molar refractivity (Wildman–Crippen MR) is 89.4 cm³/mol. The van der Waals surface area contributed by atoms with E-state index in [2.05, 4.69) is 20.4 Å². The van der Waals surface area contributed by atoms with Crippen LogP contribution in [0, 0.1) is 18.6 Å². The van der Waals surface area contributed by atoms with Crippen molar-refractivity contribution in [3.63, 3.8) is 0 Å². The molecule has 1 aliphatic rings. The van der Waals surface area contributed by atoms with Crippen LogP contribution in [0.4, 0.5) is 0 Å². The Labute approximate surface area is 143 Å². The smallest absolute Gasteiger partial charge is 0.216 e.